The summed E-state index contributed by atoms with van der Waals surface area (Å²) in [5.41, 5.74) is 6.80. The Morgan fingerprint density at radius 1 is 0.618 bits per heavy atom. The molecule has 34 heavy (non-hydrogen) atoms. The molecule has 7 nitrogen and oxygen atoms in total. The zero-order chi connectivity index (χ0) is 24.5. The maximum Gasteiger partial charge on any atom is 0.294 e. The van der Waals surface area contributed by atoms with Crippen molar-refractivity contribution < 1.29 is 13.0 Å². The molecule has 4 rings (SSSR count). The highest BCUT2D eigenvalue weighted by atomic mass is 32.2. The Bertz CT molecular complexity index is 1580. The molecular formula is C26H24N4O3S. The standard InChI is InChI=1S/C26H24N4O3S/c1-16-5-9-25(18(3)11-16)29-27-21-8-10-26(19(4)12-21)30-28-22-7-6-20-14-23(34(31,32)33)13-17(2)24(20)15-22/h5-15H,1-4H3,(H,31,32,33). The highest BCUT2D eigenvalue weighted by Gasteiger charge is 2.12. The minimum Gasteiger partial charge on any atom is -0.282 e. The van der Waals surface area contributed by atoms with Crippen LogP contribution in [0.5, 0.6) is 0 Å². The Kier molecular flexibility index (Phi) is 6.37. The molecule has 0 fully saturated rings. The van der Waals surface area contributed by atoms with Crippen LogP contribution in [0, 0.1) is 27.7 Å². The number of hydrogen-bond acceptors (Lipinski definition) is 6. The quantitative estimate of drug-likeness (QED) is 0.234. The van der Waals surface area contributed by atoms with Gasteiger partial charge in [0.25, 0.3) is 10.1 Å². The van der Waals surface area contributed by atoms with Gasteiger partial charge >= 0.3 is 0 Å². The Morgan fingerprint density at radius 3 is 1.82 bits per heavy atom. The second-order valence-corrected chi connectivity index (χ2v) is 9.70. The van der Waals surface area contributed by atoms with Crippen molar-refractivity contribution in [2.45, 2.75) is 32.6 Å². The third kappa shape index (κ3) is 5.24. The van der Waals surface area contributed by atoms with Gasteiger partial charge in [-0.05, 0) is 104 Å². The van der Waals surface area contributed by atoms with Gasteiger partial charge in [-0.25, -0.2) is 0 Å². The van der Waals surface area contributed by atoms with Crippen molar-refractivity contribution in [1.82, 2.24) is 0 Å². The van der Waals surface area contributed by atoms with Crippen LogP contribution in [0.25, 0.3) is 10.8 Å². The molecule has 0 atom stereocenters. The van der Waals surface area contributed by atoms with Crippen molar-refractivity contribution in [3.63, 3.8) is 0 Å². The largest absolute Gasteiger partial charge is 0.294 e. The van der Waals surface area contributed by atoms with Crippen LogP contribution in [-0.2, 0) is 10.1 Å². The van der Waals surface area contributed by atoms with Crippen molar-refractivity contribution >= 4 is 43.6 Å². The molecule has 0 aliphatic rings. The Hall–Kier alpha value is -3.75. The Morgan fingerprint density at radius 2 is 1.21 bits per heavy atom. The molecule has 8 heteroatoms. The lowest BCUT2D eigenvalue weighted by molar-refractivity contribution is 0.483. The first-order valence-electron chi connectivity index (χ1n) is 10.6. The molecule has 1 N–H and O–H groups in total. The zero-order valence-corrected chi connectivity index (χ0v) is 20.1. The van der Waals surface area contributed by atoms with Crippen LogP contribution in [0.1, 0.15) is 22.3 Å². The van der Waals surface area contributed by atoms with Gasteiger partial charge in [0.05, 0.1) is 27.6 Å². The van der Waals surface area contributed by atoms with E-state index in [0.717, 1.165) is 33.5 Å². The van der Waals surface area contributed by atoms with Gasteiger partial charge in [0.2, 0.25) is 0 Å². The molecule has 0 spiro atoms. The number of nitrogens with zero attached hydrogens (tertiary/aromatic N) is 4. The molecule has 0 heterocycles. The third-order valence-corrected chi connectivity index (χ3v) is 6.33. The van der Waals surface area contributed by atoms with E-state index in [-0.39, 0.29) is 4.90 Å². The topological polar surface area (TPSA) is 104 Å². The van der Waals surface area contributed by atoms with Crippen molar-refractivity contribution in [3.8, 4) is 0 Å². The molecule has 4 aromatic carbocycles. The van der Waals surface area contributed by atoms with E-state index in [1.807, 2.05) is 57.2 Å². The lowest BCUT2D eigenvalue weighted by Gasteiger charge is -2.06. The summed E-state index contributed by atoms with van der Waals surface area (Å²) in [6.07, 6.45) is 0. The number of fused-ring (bicyclic) bond motifs is 1. The molecule has 4 aromatic rings. The van der Waals surface area contributed by atoms with Crippen molar-refractivity contribution in [1.29, 1.82) is 0 Å². The zero-order valence-electron chi connectivity index (χ0n) is 19.3. The van der Waals surface area contributed by atoms with Crippen LogP contribution in [0.2, 0.25) is 0 Å². The summed E-state index contributed by atoms with van der Waals surface area (Å²) in [5, 5.41) is 19.0. The van der Waals surface area contributed by atoms with Crippen molar-refractivity contribution in [2.24, 2.45) is 20.5 Å². The highest BCUT2D eigenvalue weighted by Crippen LogP contribution is 2.31. The average Bonchev–Trinajstić information content (AvgIpc) is 2.77. The summed E-state index contributed by atoms with van der Waals surface area (Å²) in [6, 6.07) is 19.9. The maximum atomic E-state index is 11.5. The van der Waals surface area contributed by atoms with E-state index >= 15 is 0 Å². The van der Waals surface area contributed by atoms with Gasteiger partial charge in [-0.3, -0.25) is 4.55 Å². The molecule has 0 saturated heterocycles. The molecule has 0 aliphatic carbocycles. The average molecular weight is 473 g/mol. The third-order valence-electron chi connectivity index (χ3n) is 5.50. The number of rotatable bonds is 5. The molecule has 0 amide bonds. The number of aryl methyl sites for hydroxylation is 4. The second-order valence-electron chi connectivity index (χ2n) is 8.28. The van der Waals surface area contributed by atoms with E-state index in [4.69, 9.17) is 0 Å². The fourth-order valence-electron chi connectivity index (χ4n) is 3.66. The minimum atomic E-state index is -4.26. The van der Waals surface area contributed by atoms with Gasteiger partial charge in [-0.2, -0.15) is 28.9 Å². The van der Waals surface area contributed by atoms with Crippen molar-refractivity contribution in [3.05, 3.63) is 89.0 Å². The molecule has 0 bridgehead atoms. The fraction of sp³-hybridized carbons (Fsp3) is 0.154. The second kappa shape index (κ2) is 9.24. The first kappa shape index (κ1) is 23.4. The van der Waals surface area contributed by atoms with Crippen LogP contribution in [0.15, 0.2) is 92.1 Å². The SMILES string of the molecule is Cc1ccc(N=Nc2ccc(N=Nc3ccc4cc(S(=O)(=O)O)cc(C)c4c3)c(C)c2)c(C)c1. The van der Waals surface area contributed by atoms with Crippen LogP contribution in [0.3, 0.4) is 0 Å². The summed E-state index contributed by atoms with van der Waals surface area (Å²) < 4.78 is 32.2. The smallest absolute Gasteiger partial charge is 0.282 e. The number of azo groups is 2. The van der Waals surface area contributed by atoms with Gasteiger partial charge in [0.15, 0.2) is 0 Å². The normalized spacial score (nSPS) is 12.3. The molecule has 0 aliphatic heterocycles. The lowest BCUT2D eigenvalue weighted by atomic mass is 10.1. The van der Waals surface area contributed by atoms with Crippen LogP contribution in [-0.4, -0.2) is 13.0 Å². The maximum absolute atomic E-state index is 11.5. The monoisotopic (exact) mass is 472 g/mol. The highest BCUT2D eigenvalue weighted by molar-refractivity contribution is 7.85. The molecule has 0 aromatic heterocycles. The van der Waals surface area contributed by atoms with E-state index in [1.54, 1.807) is 19.1 Å². The first-order valence-corrected chi connectivity index (χ1v) is 12.1. The molecular weight excluding hydrogens is 448 g/mol. The van der Waals surface area contributed by atoms with Crippen LogP contribution in [0.4, 0.5) is 22.7 Å². The van der Waals surface area contributed by atoms with Gasteiger partial charge in [0.1, 0.15) is 0 Å². The molecule has 0 radical (unpaired) electrons. The van der Waals surface area contributed by atoms with Gasteiger partial charge in [0, 0.05) is 0 Å². The minimum absolute atomic E-state index is 0.128. The molecule has 0 saturated carbocycles. The number of hydrogen-bond donors (Lipinski definition) is 1. The first-order chi connectivity index (χ1) is 16.1. The summed E-state index contributed by atoms with van der Waals surface area (Å²) in [4.78, 5) is -0.128. The summed E-state index contributed by atoms with van der Waals surface area (Å²) >= 11 is 0. The van der Waals surface area contributed by atoms with E-state index in [0.29, 0.717) is 16.8 Å². The number of benzene rings is 4. The van der Waals surface area contributed by atoms with Gasteiger partial charge in [-0.15, -0.1) is 0 Å². The van der Waals surface area contributed by atoms with Gasteiger partial charge in [-0.1, -0.05) is 23.8 Å². The van der Waals surface area contributed by atoms with E-state index < -0.39 is 10.1 Å². The summed E-state index contributed by atoms with van der Waals surface area (Å²) in [6.45, 7) is 7.78. The van der Waals surface area contributed by atoms with E-state index in [9.17, 15) is 13.0 Å². The summed E-state index contributed by atoms with van der Waals surface area (Å²) in [5.74, 6) is 0. The van der Waals surface area contributed by atoms with Crippen molar-refractivity contribution in [2.75, 3.05) is 0 Å². The predicted molar refractivity (Wildman–Crippen MR) is 134 cm³/mol. The van der Waals surface area contributed by atoms with E-state index in [2.05, 4.69) is 26.5 Å². The Balaban J connectivity index is 1.56. The van der Waals surface area contributed by atoms with E-state index in [1.165, 1.54) is 17.7 Å². The van der Waals surface area contributed by atoms with Gasteiger partial charge < -0.3 is 0 Å². The van der Waals surface area contributed by atoms with Crippen LogP contribution < -0.4 is 0 Å². The molecule has 0 unspecified atom stereocenters. The summed E-state index contributed by atoms with van der Waals surface area (Å²) in [7, 11) is -4.26. The Labute approximate surface area is 198 Å². The predicted octanol–water partition coefficient (Wildman–Crippen LogP) is 8.15. The van der Waals surface area contributed by atoms with Crippen LogP contribution >= 0.6 is 0 Å². The fourth-order valence-corrected chi connectivity index (χ4v) is 4.27. The molecule has 172 valence electrons. The lowest BCUT2D eigenvalue weighted by Crippen LogP contribution is -1.98.